The minimum absolute atomic E-state index is 0.0845. The number of aliphatic imine (C=N–C) groups is 1. The Morgan fingerprint density at radius 1 is 0.931 bits per heavy atom. The Labute approximate surface area is 178 Å². The van der Waals surface area contributed by atoms with Crippen molar-refractivity contribution in [2.45, 2.75) is 122 Å². The SMILES string of the molecule is CCCCCCCCCCCCCCCCCC1=NC(CO)(COC(C)=O)CO1. The average Bonchev–Trinajstić information content (AvgIpc) is 3.13. The van der Waals surface area contributed by atoms with E-state index in [0.717, 1.165) is 12.8 Å². The number of hydrogen-bond donors (Lipinski definition) is 1. The third-order valence-corrected chi connectivity index (χ3v) is 5.70. The molecule has 0 saturated heterocycles. The van der Waals surface area contributed by atoms with Crippen molar-refractivity contribution in [2.24, 2.45) is 4.99 Å². The summed E-state index contributed by atoms with van der Waals surface area (Å²) in [5.41, 5.74) is -0.795. The lowest BCUT2D eigenvalue weighted by atomic mass is 10.0. The second-order valence-corrected chi connectivity index (χ2v) is 8.66. The summed E-state index contributed by atoms with van der Waals surface area (Å²) in [7, 11) is 0. The lowest BCUT2D eigenvalue weighted by Crippen LogP contribution is -2.39. The molecule has 5 nitrogen and oxygen atoms in total. The van der Waals surface area contributed by atoms with Crippen LogP contribution in [0.25, 0.3) is 0 Å². The molecule has 0 aromatic heterocycles. The summed E-state index contributed by atoms with van der Waals surface area (Å²) >= 11 is 0. The maximum Gasteiger partial charge on any atom is 0.302 e. The van der Waals surface area contributed by atoms with E-state index in [2.05, 4.69) is 11.9 Å². The van der Waals surface area contributed by atoms with Crippen LogP contribution in [0.2, 0.25) is 0 Å². The minimum Gasteiger partial charge on any atom is -0.478 e. The van der Waals surface area contributed by atoms with Crippen molar-refractivity contribution >= 4 is 11.9 Å². The van der Waals surface area contributed by atoms with Gasteiger partial charge in [-0.05, 0) is 6.42 Å². The standard InChI is InChI=1S/C24H45NO4/c1-3-4-5-6-7-8-9-10-11-12-13-14-15-16-17-18-23-25-24(19-26,21-29-23)20-28-22(2)27/h26H,3-21H2,1-2H3. The lowest BCUT2D eigenvalue weighted by molar-refractivity contribution is -0.143. The van der Waals surface area contributed by atoms with Crippen molar-refractivity contribution in [3.8, 4) is 0 Å². The molecule has 1 rings (SSSR count). The largest absolute Gasteiger partial charge is 0.478 e. The Kier molecular flexibility index (Phi) is 14.9. The van der Waals surface area contributed by atoms with Crippen LogP contribution in [0.4, 0.5) is 0 Å². The maximum atomic E-state index is 11.0. The van der Waals surface area contributed by atoms with Gasteiger partial charge in [0, 0.05) is 13.3 Å². The molecule has 0 spiro atoms. The first-order chi connectivity index (χ1) is 14.1. The number of hydrogen-bond acceptors (Lipinski definition) is 5. The molecule has 0 aromatic rings. The zero-order valence-corrected chi connectivity index (χ0v) is 19.1. The molecule has 5 heteroatoms. The van der Waals surface area contributed by atoms with Crippen LogP contribution in [-0.4, -0.2) is 42.3 Å². The van der Waals surface area contributed by atoms with Gasteiger partial charge in [0.15, 0.2) is 11.4 Å². The number of rotatable bonds is 19. The van der Waals surface area contributed by atoms with E-state index in [0.29, 0.717) is 12.5 Å². The summed E-state index contributed by atoms with van der Waals surface area (Å²) in [5, 5.41) is 9.57. The second kappa shape index (κ2) is 16.7. The molecule has 0 amide bonds. The van der Waals surface area contributed by atoms with Crippen molar-refractivity contribution in [2.75, 3.05) is 19.8 Å². The highest BCUT2D eigenvalue weighted by molar-refractivity contribution is 5.78. The van der Waals surface area contributed by atoms with Gasteiger partial charge in [0.2, 0.25) is 0 Å². The number of aliphatic hydroxyl groups is 1. The van der Waals surface area contributed by atoms with Gasteiger partial charge in [-0.3, -0.25) is 4.79 Å². The molecule has 1 aliphatic heterocycles. The summed E-state index contributed by atoms with van der Waals surface area (Å²) in [6.45, 7) is 3.85. The highest BCUT2D eigenvalue weighted by Gasteiger charge is 2.37. The number of carbonyl (C=O) groups is 1. The van der Waals surface area contributed by atoms with Crippen molar-refractivity contribution in [1.82, 2.24) is 0 Å². The van der Waals surface area contributed by atoms with E-state index in [-0.39, 0.29) is 19.2 Å². The van der Waals surface area contributed by atoms with E-state index in [1.54, 1.807) is 0 Å². The van der Waals surface area contributed by atoms with E-state index < -0.39 is 5.54 Å². The van der Waals surface area contributed by atoms with Crippen LogP contribution < -0.4 is 0 Å². The smallest absolute Gasteiger partial charge is 0.302 e. The molecule has 170 valence electrons. The summed E-state index contributed by atoms with van der Waals surface area (Å²) in [6.07, 6.45) is 21.0. The first kappa shape index (κ1) is 25.9. The van der Waals surface area contributed by atoms with Gasteiger partial charge in [0.1, 0.15) is 13.2 Å². The van der Waals surface area contributed by atoms with Gasteiger partial charge in [-0.15, -0.1) is 0 Å². The van der Waals surface area contributed by atoms with Gasteiger partial charge in [0.25, 0.3) is 0 Å². The number of nitrogens with zero attached hydrogens (tertiary/aromatic N) is 1. The van der Waals surface area contributed by atoms with Gasteiger partial charge in [-0.1, -0.05) is 96.8 Å². The first-order valence-electron chi connectivity index (χ1n) is 12.1. The molecule has 0 bridgehead atoms. The monoisotopic (exact) mass is 411 g/mol. The molecular formula is C24H45NO4. The van der Waals surface area contributed by atoms with Crippen molar-refractivity contribution < 1.29 is 19.4 Å². The maximum absolute atomic E-state index is 11.0. The van der Waals surface area contributed by atoms with Crippen LogP contribution in [0.3, 0.4) is 0 Å². The van der Waals surface area contributed by atoms with Crippen LogP contribution >= 0.6 is 0 Å². The molecule has 1 N–H and O–H groups in total. The van der Waals surface area contributed by atoms with E-state index >= 15 is 0 Å². The molecule has 1 heterocycles. The Bertz CT molecular complexity index is 452. The van der Waals surface area contributed by atoms with Crippen LogP contribution in [-0.2, 0) is 14.3 Å². The van der Waals surface area contributed by atoms with Crippen LogP contribution in [0, 0.1) is 0 Å². The number of esters is 1. The van der Waals surface area contributed by atoms with Crippen LogP contribution in [0.5, 0.6) is 0 Å². The molecule has 0 radical (unpaired) electrons. The van der Waals surface area contributed by atoms with Crippen molar-refractivity contribution in [3.63, 3.8) is 0 Å². The Morgan fingerprint density at radius 3 is 1.86 bits per heavy atom. The zero-order valence-electron chi connectivity index (χ0n) is 19.1. The molecule has 1 aliphatic rings. The zero-order chi connectivity index (χ0) is 21.2. The Morgan fingerprint density at radius 2 is 1.41 bits per heavy atom. The van der Waals surface area contributed by atoms with Gasteiger partial charge in [0.05, 0.1) is 6.61 Å². The van der Waals surface area contributed by atoms with Crippen LogP contribution in [0.1, 0.15) is 117 Å². The quantitative estimate of drug-likeness (QED) is 0.210. The fourth-order valence-electron chi connectivity index (χ4n) is 3.76. The Hall–Kier alpha value is -1.10. The molecule has 29 heavy (non-hydrogen) atoms. The van der Waals surface area contributed by atoms with Gasteiger partial charge >= 0.3 is 5.97 Å². The number of carbonyl (C=O) groups excluding carboxylic acids is 1. The third-order valence-electron chi connectivity index (χ3n) is 5.70. The van der Waals surface area contributed by atoms with Crippen molar-refractivity contribution in [1.29, 1.82) is 0 Å². The molecular weight excluding hydrogens is 366 g/mol. The summed E-state index contributed by atoms with van der Waals surface area (Å²) < 4.78 is 10.6. The lowest BCUT2D eigenvalue weighted by Gasteiger charge is -2.20. The average molecular weight is 412 g/mol. The van der Waals surface area contributed by atoms with Gasteiger partial charge < -0.3 is 14.6 Å². The topological polar surface area (TPSA) is 68.1 Å². The predicted molar refractivity (Wildman–Crippen MR) is 119 cm³/mol. The van der Waals surface area contributed by atoms with Gasteiger partial charge in [-0.25, -0.2) is 4.99 Å². The molecule has 0 aromatic carbocycles. The normalized spacial score (nSPS) is 18.5. The molecule has 1 unspecified atom stereocenters. The van der Waals surface area contributed by atoms with E-state index in [1.165, 1.54) is 96.8 Å². The second-order valence-electron chi connectivity index (χ2n) is 8.66. The van der Waals surface area contributed by atoms with E-state index in [4.69, 9.17) is 9.47 Å². The number of aliphatic hydroxyl groups excluding tert-OH is 1. The van der Waals surface area contributed by atoms with E-state index in [1.807, 2.05) is 0 Å². The number of unbranched alkanes of at least 4 members (excludes halogenated alkanes) is 14. The highest BCUT2D eigenvalue weighted by atomic mass is 16.5. The summed E-state index contributed by atoms with van der Waals surface area (Å²) in [5.74, 6) is 0.338. The summed E-state index contributed by atoms with van der Waals surface area (Å²) in [6, 6.07) is 0. The highest BCUT2D eigenvalue weighted by Crippen LogP contribution is 2.22. The molecule has 0 saturated carbocycles. The number of ether oxygens (including phenoxy) is 2. The first-order valence-corrected chi connectivity index (χ1v) is 12.1. The minimum atomic E-state index is -0.795. The van der Waals surface area contributed by atoms with E-state index in [9.17, 15) is 9.90 Å². The van der Waals surface area contributed by atoms with Crippen molar-refractivity contribution in [3.05, 3.63) is 0 Å². The molecule has 0 fully saturated rings. The fourth-order valence-corrected chi connectivity index (χ4v) is 3.76. The summed E-state index contributed by atoms with van der Waals surface area (Å²) in [4.78, 5) is 15.5. The predicted octanol–water partition coefficient (Wildman–Crippen LogP) is 5.97. The van der Waals surface area contributed by atoms with Gasteiger partial charge in [-0.2, -0.15) is 0 Å². The molecule has 1 atom stereocenters. The third kappa shape index (κ3) is 12.9. The van der Waals surface area contributed by atoms with Crippen LogP contribution in [0.15, 0.2) is 4.99 Å². The fraction of sp³-hybridized carbons (Fsp3) is 0.917. The Balaban J connectivity index is 1.92. The molecule has 0 aliphatic carbocycles.